The van der Waals surface area contributed by atoms with E-state index in [2.05, 4.69) is 6.92 Å². The van der Waals surface area contributed by atoms with Crippen molar-refractivity contribution in [1.29, 1.82) is 0 Å². The van der Waals surface area contributed by atoms with E-state index in [1.54, 1.807) is 0 Å². The van der Waals surface area contributed by atoms with E-state index in [-0.39, 0.29) is 5.56 Å². The molecule has 1 aliphatic rings. The maximum absolute atomic E-state index is 14.9. The SMILES string of the molecule is CCCc1ccc(-c2cc(F)c(-c3ccc(CC4CCCC4)s3)c(F)c2)cc1. The van der Waals surface area contributed by atoms with Crippen LogP contribution in [0.15, 0.2) is 48.5 Å². The lowest BCUT2D eigenvalue weighted by atomic mass is 10.00. The molecule has 28 heavy (non-hydrogen) atoms. The van der Waals surface area contributed by atoms with Crippen molar-refractivity contribution in [2.75, 3.05) is 0 Å². The van der Waals surface area contributed by atoms with E-state index >= 15 is 0 Å². The average Bonchev–Trinajstić information content (AvgIpc) is 3.35. The number of hydrogen-bond acceptors (Lipinski definition) is 1. The van der Waals surface area contributed by atoms with Crippen LogP contribution in [-0.2, 0) is 12.8 Å². The van der Waals surface area contributed by atoms with Crippen molar-refractivity contribution in [3.8, 4) is 21.6 Å². The summed E-state index contributed by atoms with van der Waals surface area (Å²) in [4.78, 5) is 1.92. The largest absolute Gasteiger partial charge is 0.206 e. The Morgan fingerprint density at radius 3 is 2.21 bits per heavy atom. The molecular weight excluding hydrogens is 370 g/mol. The van der Waals surface area contributed by atoms with Crippen LogP contribution in [0.2, 0.25) is 0 Å². The lowest BCUT2D eigenvalue weighted by Crippen LogP contribution is -1.95. The zero-order valence-corrected chi connectivity index (χ0v) is 17.1. The van der Waals surface area contributed by atoms with E-state index in [0.717, 1.165) is 30.7 Å². The lowest BCUT2D eigenvalue weighted by molar-refractivity contribution is 0.551. The van der Waals surface area contributed by atoms with Crippen LogP contribution in [0, 0.1) is 17.6 Å². The van der Waals surface area contributed by atoms with Gasteiger partial charge in [-0.2, -0.15) is 0 Å². The highest BCUT2D eigenvalue weighted by atomic mass is 32.1. The van der Waals surface area contributed by atoms with E-state index in [9.17, 15) is 8.78 Å². The van der Waals surface area contributed by atoms with Gasteiger partial charge in [-0.25, -0.2) is 8.78 Å². The molecule has 1 saturated carbocycles. The third kappa shape index (κ3) is 4.20. The molecule has 0 saturated heterocycles. The molecule has 0 nitrogen and oxygen atoms in total. The minimum absolute atomic E-state index is 0.106. The average molecular weight is 397 g/mol. The minimum atomic E-state index is -0.484. The van der Waals surface area contributed by atoms with E-state index in [1.165, 1.54) is 59.6 Å². The number of aryl methyl sites for hydroxylation is 1. The van der Waals surface area contributed by atoms with E-state index < -0.39 is 11.6 Å². The maximum Gasteiger partial charge on any atom is 0.135 e. The quantitative estimate of drug-likeness (QED) is 0.395. The fourth-order valence-electron chi connectivity index (χ4n) is 4.25. The molecule has 1 heterocycles. The Bertz CT molecular complexity index is 910. The molecule has 0 spiro atoms. The molecular formula is C25H26F2S. The summed E-state index contributed by atoms with van der Waals surface area (Å²) in [6, 6.07) is 14.8. The molecule has 0 radical (unpaired) electrons. The standard InChI is InChI=1S/C25H26F2S/c1-2-5-17-8-10-19(11-9-17)20-15-22(26)25(23(27)16-20)24-13-12-21(28-24)14-18-6-3-4-7-18/h8-13,15-16,18H,2-7,14H2,1H3. The summed E-state index contributed by atoms with van der Waals surface area (Å²) < 4.78 is 29.7. The number of halogens is 2. The summed E-state index contributed by atoms with van der Waals surface area (Å²) in [5, 5.41) is 0. The molecule has 0 bridgehead atoms. The zero-order chi connectivity index (χ0) is 19.5. The summed E-state index contributed by atoms with van der Waals surface area (Å²) >= 11 is 1.53. The Morgan fingerprint density at radius 2 is 1.57 bits per heavy atom. The normalized spacial score (nSPS) is 14.7. The van der Waals surface area contributed by atoms with Crippen LogP contribution < -0.4 is 0 Å². The number of benzene rings is 2. The van der Waals surface area contributed by atoms with Gasteiger partial charge in [0.05, 0.1) is 5.56 Å². The zero-order valence-electron chi connectivity index (χ0n) is 16.3. The molecule has 3 aromatic rings. The molecule has 1 aromatic heterocycles. The molecule has 0 atom stereocenters. The Balaban J connectivity index is 1.58. The fourth-order valence-corrected chi connectivity index (χ4v) is 5.42. The summed E-state index contributed by atoms with van der Waals surface area (Å²) in [7, 11) is 0. The highest BCUT2D eigenvalue weighted by Gasteiger charge is 2.19. The number of rotatable bonds is 6. The monoisotopic (exact) mass is 396 g/mol. The van der Waals surface area contributed by atoms with Crippen molar-refractivity contribution >= 4 is 11.3 Å². The molecule has 2 aromatic carbocycles. The second kappa shape index (κ2) is 8.57. The third-order valence-electron chi connectivity index (χ3n) is 5.74. The molecule has 0 unspecified atom stereocenters. The van der Waals surface area contributed by atoms with Gasteiger partial charge in [-0.1, -0.05) is 63.3 Å². The number of hydrogen-bond donors (Lipinski definition) is 0. The summed E-state index contributed by atoms with van der Waals surface area (Å²) in [5.41, 5.74) is 2.79. The summed E-state index contributed by atoms with van der Waals surface area (Å²) in [5.74, 6) is -0.233. The van der Waals surface area contributed by atoms with Gasteiger partial charge < -0.3 is 0 Å². The van der Waals surface area contributed by atoms with Crippen molar-refractivity contribution in [2.45, 2.75) is 51.9 Å². The Morgan fingerprint density at radius 1 is 0.893 bits per heavy atom. The van der Waals surface area contributed by atoms with Crippen molar-refractivity contribution in [2.24, 2.45) is 5.92 Å². The molecule has 4 rings (SSSR count). The van der Waals surface area contributed by atoms with Gasteiger partial charge >= 0.3 is 0 Å². The predicted molar refractivity (Wildman–Crippen MR) is 115 cm³/mol. The number of thiophene rings is 1. The van der Waals surface area contributed by atoms with Gasteiger partial charge in [0.1, 0.15) is 11.6 Å². The van der Waals surface area contributed by atoms with Crippen LogP contribution in [-0.4, -0.2) is 0 Å². The second-order valence-corrected chi connectivity index (χ2v) is 9.05. The Hall–Kier alpha value is -2.00. The lowest BCUT2D eigenvalue weighted by Gasteiger charge is -2.09. The molecule has 0 amide bonds. The van der Waals surface area contributed by atoms with Gasteiger partial charge in [0.15, 0.2) is 0 Å². The summed E-state index contributed by atoms with van der Waals surface area (Å²) in [6.45, 7) is 2.14. The third-order valence-corrected chi connectivity index (χ3v) is 6.87. The molecule has 1 aliphatic carbocycles. The predicted octanol–water partition coefficient (Wildman–Crippen LogP) is 8.05. The topological polar surface area (TPSA) is 0 Å². The van der Waals surface area contributed by atoms with Crippen molar-refractivity contribution in [3.05, 3.63) is 70.6 Å². The van der Waals surface area contributed by atoms with E-state index in [4.69, 9.17) is 0 Å². The highest BCUT2D eigenvalue weighted by Crippen LogP contribution is 2.37. The first-order chi connectivity index (χ1) is 13.6. The van der Waals surface area contributed by atoms with Gasteiger partial charge in [0, 0.05) is 9.75 Å². The highest BCUT2D eigenvalue weighted by molar-refractivity contribution is 7.15. The van der Waals surface area contributed by atoms with Crippen LogP contribution in [0.5, 0.6) is 0 Å². The van der Waals surface area contributed by atoms with Crippen LogP contribution in [0.3, 0.4) is 0 Å². The van der Waals surface area contributed by atoms with Crippen molar-refractivity contribution in [3.63, 3.8) is 0 Å². The van der Waals surface area contributed by atoms with Crippen molar-refractivity contribution < 1.29 is 8.78 Å². The fraction of sp³-hybridized carbons (Fsp3) is 0.360. The second-order valence-electron chi connectivity index (χ2n) is 7.88. The molecule has 0 N–H and O–H groups in total. The first-order valence-electron chi connectivity index (χ1n) is 10.3. The summed E-state index contributed by atoms with van der Waals surface area (Å²) in [6.07, 6.45) is 8.32. The Kier molecular flexibility index (Phi) is 5.91. The van der Waals surface area contributed by atoms with Crippen LogP contribution in [0.1, 0.15) is 49.5 Å². The van der Waals surface area contributed by atoms with Gasteiger partial charge in [-0.3, -0.25) is 0 Å². The molecule has 1 fully saturated rings. The smallest absolute Gasteiger partial charge is 0.135 e. The van der Waals surface area contributed by atoms with Gasteiger partial charge in [0.25, 0.3) is 0 Å². The van der Waals surface area contributed by atoms with Gasteiger partial charge in [-0.15, -0.1) is 11.3 Å². The first-order valence-corrected chi connectivity index (χ1v) is 11.1. The minimum Gasteiger partial charge on any atom is -0.206 e. The first kappa shape index (κ1) is 19.3. The van der Waals surface area contributed by atoms with Gasteiger partial charge in [0.2, 0.25) is 0 Å². The molecule has 3 heteroatoms. The van der Waals surface area contributed by atoms with Crippen molar-refractivity contribution in [1.82, 2.24) is 0 Å². The van der Waals surface area contributed by atoms with Crippen LogP contribution in [0.25, 0.3) is 21.6 Å². The Labute approximate surface area is 170 Å². The van der Waals surface area contributed by atoms with Crippen LogP contribution in [0.4, 0.5) is 8.78 Å². The van der Waals surface area contributed by atoms with Gasteiger partial charge in [-0.05, 0) is 59.7 Å². The maximum atomic E-state index is 14.9. The van der Waals surface area contributed by atoms with E-state index in [1.807, 2.05) is 36.4 Å². The molecule has 146 valence electrons. The molecule has 0 aliphatic heterocycles. The van der Waals surface area contributed by atoms with E-state index in [0.29, 0.717) is 10.4 Å². The van der Waals surface area contributed by atoms with Crippen LogP contribution >= 0.6 is 11.3 Å².